The van der Waals surface area contributed by atoms with E-state index >= 15 is 0 Å². The molecule has 0 amide bonds. The maximum Gasteiger partial charge on any atom is 0.158 e. The molecule has 6 atom stereocenters. The Bertz CT molecular complexity index is 289. The molecule has 3 aliphatic rings. The average Bonchev–Trinajstić information content (AvgIpc) is 2.95. The fraction of sp³-hybridized carbons (Fsp3) is 0.846. The van der Waals surface area contributed by atoms with E-state index in [4.69, 9.17) is 4.74 Å². The Morgan fingerprint density at radius 1 is 1.19 bits per heavy atom. The first kappa shape index (κ1) is 10.8. The van der Waals surface area contributed by atoms with Gasteiger partial charge in [0.1, 0.15) is 0 Å². The summed E-state index contributed by atoms with van der Waals surface area (Å²) in [6.45, 7) is 0. The van der Waals surface area contributed by atoms with Crippen molar-refractivity contribution in [2.75, 3.05) is 0 Å². The zero-order valence-corrected chi connectivity index (χ0v) is 9.46. The van der Waals surface area contributed by atoms with Crippen molar-refractivity contribution in [3.63, 3.8) is 0 Å². The quantitative estimate of drug-likeness (QED) is 0.563. The minimum Gasteiger partial charge on any atom is -0.390 e. The third-order valence-corrected chi connectivity index (χ3v) is 4.43. The molecular weight excluding hydrogens is 204 g/mol. The van der Waals surface area contributed by atoms with E-state index in [-0.39, 0.29) is 18.1 Å². The van der Waals surface area contributed by atoms with E-state index in [1.165, 1.54) is 6.42 Å². The first-order valence-electron chi connectivity index (χ1n) is 6.44. The highest BCUT2D eigenvalue weighted by Gasteiger charge is 2.41. The number of allylic oxidation sites excluding steroid dienone is 2. The molecule has 3 heteroatoms. The van der Waals surface area contributed by atoms with Crippen LogP contribution in [0.2, 0.25) is 0 Å². The van der Waals surface area contributed by atoms with E-state index in [0.29, 0.717) is 11.8 Å². The molecule has 0 aromatic heterocycles. The number of ether oxygens (including phenoxy) is 1. The predicted octanol–water partition coefficient (Wildman–Crippen LogP) is 1.45. The largest absolute Gasteiger partial charge is 0.390 e. The number of fused-ring (bicyclic) bond motifs is 2. The smallest absolute Gasteiger partial charge is 0.158 e. The number of rotatable bonds is 3. The zero-order valence-electron chi connectivity index (χ0n) is 9.46. The molecule has 0 saturated heterocycles. The lowest BCUT2D eigenvalue weighted by molar-refractivity contribution is -0.186. The second-order valence-corrected chi connectivity index (χ2v) is 5.51. The predicted molar refractivity (Wildman–Crippen MR) is 59.6 cm³/mol. The third kappa shape index (κ3) is 1.81. The number of hydrogen-bond donors (Lipinski definition) is 2. The van der Waals surface area contributed by atoms with Crippen LogP contribution in [0.15, 0.2) is 12.2 Å². The highest BCUT2D eigenvalue weighted by molar-refractivity contribution is 5.10. The number of hydrogen-bond acceptors (Lipinski definition) is 3. The van der Waals surface area contributed by atoms with E-state index in [2.05, 4.69) is 12.2 Å². The number of aliphatic hydroxyl groups is 2. The van der Waals surface area contributed by atoms with Gasteiger partial charge in [-0.1, -0.05) is 12.2 Å². The van der Waals surface area contributed by atoms with Crippen molar-refractivity contribution in [2.24, 2.45) is 17.8 Å². The summed E-state index contributed by atoms with van der Waals surface area (Å²) < 4.78 is 5.63. The van der Waals surface area contributed by atoms with Crippen LogP contribution in [-0.2, 0) is 4.74 Å². The maximum absolute atomic E-state index is 10.1. The second kappa shape index (κ2) is 4.13. The summed E-state index contributed by atoms with van der Waals surface area (Å²) in [5, 5.41) is 19.7. The minimum absolute atomic E-state index is 0.141. The molecule has 0 spiro atoms. The molecule has 90 valence electrons. The molecule has 2 fully saturated rings. The van der Waals surface area contributed by atoms with Crippen molar-refractivity contribution in [3.05, 3.63) is 12.2 Å². The maximum atomic E-state index is 10.1. The molecule has 0 aromatic rings. The molecule has 0 heterocycles. The lowest BCUT2D eigenvalue weighted by atomic mass is 9.93. The summed E-state index contributed by atoms with van der Waals surface area (Å²) in [6, 6.07) is 0. The summed E-state index contributed by atoms with van der Waals surface area (Å²) >= 11 is 0. The average molecular weight is 224 g/mol. The van der Waals surface area contributed by atoms with Gasteiger partial charge in [-0.05, 0) is 43.9 Å². The van der Waals surface area contributed by atoms with Crippen LogP contribution in [0.5, 0.6) is 0 Å². The van der Waals surface area contributed by atoms with Crippen LogP contribution in [0.4, 0.5) is 0 Å². The van der Waals surface area contributed by atoms with E-state index in [1.54, 1.807) is 0 Å². The first-order valence-corrected chi connectivity index (χ1v) is 6.44. The van der Waals surface area contributed by atoms with Crippen molar-refractivity contribution in [1.82, 2.24) is 0 Å². The van der Waals surface area contributed by atoms with Gasteiger partial charge in [0.15, 0.2) is 6.29 Å². The fourth-order valence-electron chi connectivity index (χ4n) is 3.50. The molecular formula is C13H20O3. The topological polar surface area (TPSA) is 49.7 Å². The minimum atomic E-state index is -0.683. The van der Waals surface area contributed by atoms with E-state index in [1.807, 2.05) is 0 Å². The Kier molecular flexibility index (Phi) is 2.78. The first-order chi connectivity index (χ1) is 7.74. The van der Waals surface area contributed by atoms with Gasteiger partial charge >= 0.3 is 0 Å². The van der Waals surface area contributed by atoms with E-state index in [0.717, 1.165) is 25.7 Å². The Morgan fingerprint density at radius 2 is 2.06 bits per heavy atom. The monoisotopic (exact) mass is 224 g/mol. The van der Waals surface area contributed by atoms with Crippen LogP contribution < -0.4 is 0 Å². The molecule has 3 nitrogen and oxygen atoms in total. The molecule has 2 bridgehead atoms. The lowest BCUT2D eigenvalue weighted by Gasteiger charge is -2.27. The van der Waals surface area contributed by atoms with Crippen LogP contribution in [0.1, 0.15) is 32.1 Å². The molecule has 0 aliphatic heterocycles. The summed E-state index contributed by atoms with van der Waals surface area (Å²) in [5.41, 5.74) is 0. The van der Waals surface area contributed by atoms with Gasteiger partial charge in [0.25, 0.3) is 0 Å². The van der Waals surface area contributed by atoms with Gasteiger partial charge in [0.05, 0.1) is 12.2 Å². The van der Waals surface area contributed by atoms with Gasteiger partial charge in [-0.15, -0.1) is 0 Å². The second-order valence-electron chi connectivity index (χ2n) is 5.51. The van der Waals surface area contributed by atoms with Gasteiger partial charge < -0.3 is 14.9 Å². The summed E-state index contributed by atoms with van der Waals surface area (Å²) in [4.78, 5) is 0. The van der Waals surface area contributed by atoms with Crippen molar-refractivity contribution in [1.29, 1.82) is 0 Å². The van der Waals surface area contributed by atoms with Crippen LogP contribution in [0.25, 0.3) is 0 Å². The Morgan fingerprint density at radius 3 is 2.62 bits per heavy atom. The molecule has 3 rings (SSSR count). The lowest BCUT2D eigenvalue weighted by Crippen LogP contribution is -2.34. The Balaban J connectivity index is 1.57. The molecule has 6 unspecified atom stereocenters. The van der Waals surface area contributed by atoms with Crippen molar-refractivity contribution >= 4 is 0 Å². The number of aliphatic hydroxyl groups excluding tert-OH is 2. The van der Waals surface area contributed by atoms with Gasteiger partial charge in [0, 0.05) is 5.92 Å². The van der Waals surface area contributed by atoms with Crippen molar-refractivity contribution in [2.45, 2.75) is 50.6 Å². The van der Waals surface area contributed by atoms with Crippen LogP contribution in [0, 0.1) is 17.8 Å². The molecule has 16 heavy (non-hydrogen) atoms. The van der Waals surface area contributed by atoms with Crippen molar-refractivity contribution in [3.8, 4) is 0 Å². The summed E-state index contributed by atoms with van der Waals surface area (Å²) in [7, 11) is 0. The van der Waals surface area contributed by atoms with Crippen LogP contribution in [0.3, 0.4) is 0 Å². The molecule has 0 radical (unpaired) electrons. The zero-order chi connectivity index (χ0) is 11.1. The fourth-order valence-corrected chi connectivity index (χ4v) is 3.50. The standard InChI is InChI=1S/C13H20O3/c14-11-2-1-3-12(11)16-13(15)10-7-8-4-5-9(10)6-8/h4-5,8-15H,1-3,6-7H2. The van der Waals surface area contributed by atoms with Gasteiger partial charge in [-0.25, -0.2) is 0 Å². The molecule has 3 aliphatic carbocycles. The van der Waals surface area contributed by atoms with Crippen LogP contribution in [-0.4, -0.2) is 28.7 Å². The van der Waals surface area contributed by atoms with E-state index < -0.39 is 6.29 Å². The molecule has 0 aromatic carbocycles. The molecule has 2 N–H and O–H groups in total. The summed E-state index contributed by atoms with van der Waals surface area (Å²) in [5.74, 6) is 1.41. The Labute approximate surface area is 96.1 Å². The van der Waals surface area contributed by atoms with Crippen molar-refractivity contribution < 1.29 is 14.9 Å². The SMILES string of the molecule is OC1CCCC1OC(O)C1CC2C=CC1C2. The normalized spacial score (nSPS) is 47.8. The highest BCUT2D eigenvalue weighted by Crippen LogP contribution is 2.45. The third-order valence-electron chi connectivity index (χ3n) is 4.43. The van der Waals surface area contributed by atoms with Gasteiger partial charge in [0.2, 0.25) is 0 Å². The van der Waals surface area contributed by atoms with Gasteiger partial charge in [-0.2, -0.15) is 0 Å². The van der Waals surface area contributed by atoms with E-state index in [9.17, 15) is 10.2 Å². The highest BCUT2D eigenvalue weighted by atomic mass is 16.6. The molecule has 2 saturated carbocycles. The summed E-state index contributed by atoms with van der Waals surface area (Å²) in [6.07, 6.45) is 8.22. The Hall–Kier alpha value is -0.380. The van der Waals surface area contributed by atoms with Gasteiger partial charge in [-0.3, -0.25) is 0 Å². The van der Waals surface area contributed by atoms with Crippen LogP contribution >= 0.6 is 0 Å².